The number of carboxylic acids is 1. The maximum Gasteiger partial charge on any atom is 0.339 e. The predicted octanol–water partition coefficient (Wildman–Crippen LogP) is 1.30. The highest BCUT2D eigenvalue weighted by atomic mass is 16.6. The standard InChI is InChI=1S/C12H15N3O5/c1-8-7-14(3-2-4-20-8)11-10(12(16)17)5-9(6-13-11)15(18)19/h5-6,8H,2-4,7H2,1H3,(H,16,17). The van der Waals surface area contributed by atoms with Crippen LogP contribution in [0.4, 0.5) is 11.5 Å². The van der Waals surface area contributed by atoms with Crippen molar-refractivity contribution in [2.45, 2.75) is 19.4 Å². The van der Waals surface area contributed by atoms with Crippen LogP contribution >= 0.6 is 0 Å². The molecule has 1 fully saturated rings. The first-order chi connectivity index (χ1) is 9.49. The summed E-state index contributed by atoms with van der Waals surface area (Å²) in [5.41, 5.74) is -0.487. The summed E-state index contributed by atoms with van der Waals surface area (Å²) in [6.45, 7) is 3.61. The van der Waals surface area contributed by atoms with E-state index in [0.717, 1.165) is 18.7 Å². The van der Waals surface area contributed by atoms with Gasteiger partial charge < -0.3 is 14.7 Å². The Balaban J connectivity index is 2.39. The topological polar surface area (TPSA) is 106 Å². The van der Waals surface area contributed by atoms with Crippen molar-refractivity contribution in [2.24, 2.45) is 0 Å². The molecule has 0 bridgehead atoms. The van der Waals surface area contributed by atoms with Crippen LogP contribution in [-0.2, 0) is 4.74 Å². The average molecular weight is 281 g/mol. The molecule has 1 saturated heterocycles. The molecule has 1 unspecified atom stereocenters. The lowest BCUT2D eigenvalue weighted by Crippen LogP contribution is -2.32. The minimum absolute atomic E-state index is 0.0452. The van der Waals surface area contributed by atoms with Crippen molar-refractivity contribution in [1.29, 1.82) is 0 Å². The summed E-state index contributed by atoms with van der Waals surface area (Å²) in [5, 5.41) is 19.9. The molecule has 0 aliphatic carbocycles. The molecule has 0 spiro atoms. The molecule has 1 aromatic heterocycles. The highest BCUT2D eigenvalue weighted by molar-refractivity contribution is 5.94. The van der Waals surface area contributed by atoms with Crippen LogP contribution in [0.2, 0.25) is 0 Å². The molecule has 0 amide bonds. The van der Waals surface area contributed by atoms with E-state index >= 15 is 0 Å². The molecule has 1 aromatic rings. The molecular weight excluding hydrogens is 266 g/mol. The third kappa shape index (κ3) is 3.02. The molecule has 8 nitrogen and oxygen atoms in total. The first-order valence-corrected chi connectivity index (χ1v) is 6.23. The number of anilines is 1. The van der Waals surface area contributed by atoms with Crippen molar-refractivity contribution >= 4 is 17.5 Å². The Morgan fingerprint density at radius 1 is 1.65 bits per heavy atom. The number of ether oxygens (including phenoxy) is 1. The lowest BCUT2D eigenvalue weighted by molar-refractivity contribution is -0.385. The third-order valence-corrected chi connectivity index (χ3v) is 3.05. The molecule has 0 aromatic carbocycles. The minimum Gasteiger partial charge on any atom is -0.478 e. The zero-order valence-electron chi connectivity index (χ0n) is 11.0. The van der Waals surface area contributed by atoms with Crippen LogP contribution in [0.15, 0.2) is 12.3 Å². The Bertz CT molecular complexity index is 534. The zero-order chi connectivity index (χ0) is 14.7. The van der Waals surface area contributed by atoms with E-state index in [9.17, 15) is 20.0 Å². The summed E-state index contributed by atoms with van der Waals surface area (Å²) >= 11 is 0. The van der Waals surface area contributed by atoms with Crippen molar-refractivity contribution < 1.29 is 19.6 Å². The molecule has 108 valence electrons. The third-order valence-electron chi connectivity index (χ3n) is 3.05. The number of hydrogen-bond donors (Lipinski definition) is 1. The smallest absolute Gasteiger partial charge is 0.339 e. The molecule has 0 saturated carbocycles. The number of carboxylic acid groups (broad SMARTS) is 1. The minimum atomic E-state index is -1.23. The van der Waals surface area contributed by atoms with E-state index in [4.69, 9.17) is 4.74 Å². The number of carbonyl (C=O) groups is 1. The van der Waals surface area contributed by atoms with Gasteiger partial charge in [-0.25, -0.2) is 9.78 Å². The molecule has 2 rings (SSSR count). The molecule has 1 atom stereocenters. The fraction of sp³-hybridized carbons (Fsp3) is 0.500. The summed E-state index contributed by atoms with van der Waals surface area (Å²) in [6, 6.07) is 1.04. The van der Waals surface area contributed by atoms with Crippen LogP contribution in [0.5, 0.6) is 0 Å². The van der Waals surface area contributed by atoms with E-state index in [0.29, 0.717) is 19.7 Å². The first kappa shape index (κ1) is 14.2. The molecule has 8 heteroatoms. The second-order valence-electron chi connectivity index (χ2n) is 4.61. The van der Waals surface area contributed by atoms with Crippen molar-refractivity contribution in [2.75, 3.05) is 24.6 Å². The first-order valence-electron chi connectivity index (χ1n) is 6.23. The Kier molecular flexibility index (Phi) is 4.14. The van der Waals surface area contributed by atoms with Crippen LogP contribution in [0.3, 0.4) is 0 Å². The summed E-state index contributed by atoms with van der Waals surface area (Å²) in [6.07, 6.45) is 1.79. The molecule has 20 heavy (non-hydrogen) atoms. The zero-order valence-corrected chi connectivity index (χ0v) is 11.0. The highest BCUT2D eigenvalue weighted by Crippen LogP contribution is 2.24. The normalized spacial score (nSPS) is 19.4. The van der Waals surface area contributed by atoms with Gasteiger partial charge in [-0.3, -0.25) is 10.1 Å². The SMILES string of the molecule is CC1CN(c2ncc([N+](=O)[O-])cc2C(=O)O)CCCO1. The Hall–Kier alpha value is -2.22. The van der Waals surface area contributed by atoms with Gasteiger partial charge in [0, 0.05) is 25.8 Å². The van der Waals surface area contributed by atoms with Crippen LogP contribution < -0.4 is 4.90 Å². The number of nitro groups is 1. The second kappa shape index (κ2) is 5.83. The van der Waals surface area contributed by atoms with E-state index in [2.05, 4.69) is 4.98 Å². The highest BCUT2D eigenvalue weighted by Gasteiger charge is 2.24. The van der Waals surface area contributed by atoms with E-state index in [1.165, 1.54) is 0 Å². The Morgan fingerprint density at radius 3 is 3.05 bits per heavy atom. The van der Waals surface area contributed by atoms with Gasteiger partial charge in [0.15, 0.2) is 0 Å². The van der Waals surface area contributed by atoms with Gasteiger partial charge in [0.1, 0.15) is 17.6 Å². The van der Waals surface area contributed by atoms with Crippen molar-refractivity contribution in [3.63, 3.8) is 0 Å². The maximum atomic E-state index is 11.3. The van der Waals surface area contributed by atoms with E-state index < -0.39 is 10.9 Å². The van der Waals surface area contributed by atoms with E-state index in [1.54, 1.807) is 4.90 Å². The largest absolute Gasteiger partial charge is 0.478 e. The van der Waals surface area contributed by atoms with Gasteiger partial charge in [0.05, 0.1) is 11.0 Å². The maximum absolute atomic E-state index is 11.3. The van der Waals surface area contributed by atoms with Crippen molar-refractivity contribution in [1.82, 2.24) is 4.98 Å². The quantitative estimate of drug-likeness (QED) is 0.657. The number of aromatic nitrogens is 1. The van der Waals surface area contributed by atoms with Gasteiger partial charge in [-0.05, 0) is 13.3 Å². The summed E-state index contributed by atoms with van der Waals surface area (Å²) in [4.78, 5) is 27.1. The van der Waals surface area contributed by atoms with Crippen LogP contribution in [0.1, 0.15) is 23.7 Å². The van der Waals surface area contributed by atoms with Crippen molar-refractivity contribution in [3.8, 4) is 0 Å². The number of aromatic carboxylic acids is 1. The fourth-order valence-corrected chi connectivity index (χ4v) is 2.14. The monoisotopic (exact) mass is 281 g/mol. The van der Waals surface area contributed by atoms with Crippen LogP contribution in [0, 0.1) is 10.1 Å². The van der Waals surface area contributed by atoms with Gasteiger partial charge in [-0.1, -0.05) is 0 Å². The molecule has 1 aliphatic heterocycles. The van der Waals surface area contributed by atoms with Crippen molar-refractivity contribution in [3.05, 3.63) is 27.9 Å². The number of nitrogens with zero attached hydrogens (tertiary/aromatic N) is 3. The van der Waals surface area contributed by atoms with E-state index in [-0.39, 0.29) is 23.2 Å². The molecule has 0 radical (unpaired) electrons. The van der Waals surface area contributed by atoms with Gasteiger partial charge in [-0.2, -0.15) is 0 Å². The molecule has 2 heterocycles. The lowest BCUT2D eigenvalue weighted by atomic mass is 10.2. The number of rotatable bonds is 3. The molecule has 1 aliphatic rings. The van der Waals surface area contributed by atoms with Gasteiger partial charge >= 0.3 is 5.97 Å². The van der Waals surface area contributed by atoms with E-state index in [1.807, 2.05) is 6.92 Å². The lowest BCUT2D eigenvalue weighted by Gasteiger charge is -2.24. The Labute approximate surface area is 115 Å². The summed E-state index contributed by atoms with van der Waals surface area (Å²) in [7, 11) is 0. The van der Waals surface area contributed by atoms with Crippen LogP contribution in [0.25, 0.3) is 0 Å². The van der Waals surface area contributed by atoms with Gasteiger partial charge in [-0.15, -0.1) is 0 Å². The Morgan fingerprint density at radius 2 is 2.40 bits per heavy atom. The fourth-order valence-electron chi connectivity index (χ4n) is 2.14. The summed E-state index contributed by atoms with van der Waals surface area (Å²) < 4.78 is 5.49. The van der Waals surface area contributed by atoms with Gasteiger partial charge in [0.25, 0.3) is 5.69 Å². The average Bonchev–Trinajstić information content (AvgIpc) is 2.62. The number of pyridine rings is 1. The number of hydrogen-bond acceptors (Lipinski definition) is 6. The molecule has 1 N–H and O–H groups in total. The summed E-state index contributed by atoms with van der Waals surface area (Å²) in [5.74, 6) is -0.977. The van der Waals surface area contributed by atoms with Crippen LogP contribution in [-0.4, -0.2) is 46.8 Å². The predicted molar refractivity (Wildman–Crippen MR) is 70.1 cm³/mol. The van der Waals surface area contributed by atoms with Gasteiger partial charge in [0.2, 0.25) is 0 Å². The molecular formula is C12H15N3O5. The second-order valence-corrected chi connectivity index (χ2v) is 4.61.